The Hall–Kier alpha value is -1.50. The van der Waals surface area contributed by atoms with Crippen LogP contribution in [-0.4, -0.2) is 11.3 Å². The SMILES string of the molecule is O=[N+]([O-])c1cccc(CCl)c1OC(F)(F)F. The summed E-state index contributed by atoms with van der Waals surface area (Å²) >= 11 is 5.37. The molecule has 0 unspecified atom stereocenters. The van der Waals surface area contributed by atoms with E-state index in [0.29, 0.717) is 0 Å². The van der Waals surface area contributed by atoms with Gasteiger partial charge in [0, 0.05) is 11.6 Å². The van der Waals surface area contributed by atoms with Gasteiger partial charge < -0.3 is 4.74 Å². The van der Waals surface area contributed by atoms with Crippen molar-refractivity contribution in [2.75, 3.05) is 0 Å². The lowest BCUT2D eigenvalue weighted by atomic mass is 10.2. The minimum Gasteiger partial charge on any atom is -0.398 e. The number of nitro groups is 1. The molecule has 0 N–H and O–H groups in total. The van der Waals surface area contributed by atoms with E-state index in [2.05, 4.69) is 4.74 Å². The summed E-state index contributed by atoms with van der Waals surface area (Å²) < 4.78 is 39.6. The Morgan fingerprint density at radius 3 is 2.50 bits per heavy atom. The summed E-state index contributed by atoms with van der Waals surface area (Å²) in [5.74, 6) is -1.18. The van der Waals surface area contributed by atoms with Crippen molar-refractivity contribution in [1.82, 2.24) is 0 Å². The fourth-order valence-corrected chi connectivity index (χ4v) is 1.26. The standard InChI is InChI=1S/C8H5ClF3NO3/c9-4-5-2-1-3-6(13(14)15)7(5)16-8(10,11)12/h1-3H,4H2. The van der Waals surface area contributed by atoms with Crippen molar-refractivity contribution in [3.8, 4) is 5.75 Å². The predicted molar refractivity (Wildman–Crippen MR) is 49.3 cm³/mol. The van der Waals surface area contributed by atoms with Crippen LogP contribution in [0.15, 0.2) is 18.2 Å². The van der Waals surface area contributed by atoms with Crippen molar-refractivity contribution < 1.29 is 22.8 Å². The Morgan fingerprint density at radius 1 is 1.44 bits per heavy atom. The van der Waals surface area contributed by atoms with Gasteiger partial charge in [-0.15, -0.1) is 24.8 Å². The second-order valence-electron chi connectivity index (χ2n) is 2.70. The lowest BCUT2D eigenvalue weighted by molar-refractivity contribution is -0.388. The number of halogens is 4. The fourth-order valence-electron chi connectivity index (χ4n) is 1.05. The van der Waals surface area contributed by atoms with E-state index in [0.717, 1.165) is 6.07 Å². The largest absolute Gasteiger partial charge is 0.573 e. The molecule has 0 spiro atoms. The van der Waals surface area contributed by atoms with Crippen molar-refractivity contribution in [3.05, 3.63) is 33.9 Å². The molecule has 88 valence electrons. The first kappa shape index (κ1) is 12.6. The molecule has 1 rings (SSSR count). The lowest BCUT2D eigenvalue weighted by Gasteiger charge is -2.11. The third-order valence-corrected chi connectivity index (χ3v) is 1.92. The van der Waals surface area contributed by atoms with Gasteiger partial charge in [0.15, 0.2) is 0 Å². The molecule has 1 aromatic rings. The quantitative estimate of drug-likeness (QED) is 0.473. The van der Waals surface area contributed by atoms with E-state index in [1.54, 1.807) is 0 Å². The average Bonchev–Trinajstić information content (AvgIpc) is 2.15. The molecule has 0 fully saturated rings. The van der Waals surface area contributed by atoms with Crippen LogP contribution in [0.3, 0.4) is 0 Å². The first-order valence-corrected chi connectivity index (χ1v) is 4.46. The number of ether oxygens (including phenoxy) is 1. The van der Waals surface area contributed by atoms with Crippen LogP contribution in [0.1, 0.15) is 5.56 Å². The molecule has 0 saturated carbocycles. The molecule has 0 saturated heterocycles. The summed E-state index contributed by atoms with van der Waals surface area (Å²) in [4.78, 5) is 9.53. The molecule has 4 nitrogen and oxygen atoms in total. The van der Waals surface area contributed by atoms with Gasteiger partial charge in [0.05, 0.1) is 10.8 Å². The van der Waals surface area contributed by atoms with E-state index < -0.39 is 22.7 Å². The van der Waals surface area contributed by atoms with Crippen molar-refractivity contribution in [2.45, 2.75) is 12.2 Å². The summed E-state index contributed by atoms with van der Waals surface area (Å²) in [6, 6.07) is 3.37. The molecular weight excluding hydrogens is 251 g/mol. The molecule has 0 heterocycles. The minimum atomic E-state index is -4.99. The van der Waals surface area contributed by atoms with E-state index in [1.165, 1.54) is 12.1 Å². The molecule has 0 atom stereocenters. The second-order valence-corrected chi connectivity index (χ2v) is 2.97. The van der Waals surface area contributed by atoms with Gasteiger partial charge in [-0.3, -0.25) is 10.1 Å². The zero-order valence-electron chi connectivity index (χ0n) is 7.62. The van der Waals surface area contributed by atoms with Crippen LogP contribution in [0, 0.1) is 10.1 Å². The normalized spacial score (nSPS) is 11.2. The van der Waals surface area contributed by atoms with E-state index in [4.69, 9.17) is 11.6 Å². The summed E-state index contributed by atoms with van der Waals surface area (Å²) in [7, 11) is 0. The van der Waals surface area contributed by atoms with Gasteiger partial charge in [0.1, 0.15) is 0 Å². The Bertz CT molecular complexity index is 408. The number of rotatable bonds is 3. The lowest BCUT2D eigenvalue weighted by Crippen LogP contribution is -2.18. The zero-order chi connectivity index (χ0) is 12.3. The van der Waals surface area contributed by atoms with Crippen LogP contribution in [0.4, 0.5) is 18.9 Å². The molecular formula is C8H5ClF3NO3. The average molecular weight is 256 g/mol. The highest BCUT2D eigenvalue weighted by Gasteiger charge is 2.35. The molecule has 0 aliphatic carbocycles. The molecule has 1 aromatic carbocycles. The van der Waals surface area contributed by atoms with E-state index >= 15 is 0 Å². The van der Waals surface area contributed by atoms with Crippen molar-refractivity contribution >= 4 is 17.3 Å². The highest BCUT2D eigenvalue weighted by molar-refractivity contribution is 6.17. The molecule has 0 amide bonds. The number of hydrogen-bond donors (Lipinski definition) is 0. The maximum Gasteiger partial charge on any atom is 0.573 e. The highest BCUT2D eigenvalue weighted by atomic mass is 35.5. The maximum atomic E-state index is 12.0. The summed E-state index contributed by atoms with van der Waals surface area (Å²) in [5.41, 5.74) is -0.858. The number of hydrogen-bond acceptors (Lipinski definition) is 3. The van der Waals surface area contributed by atoms with E-state index in [-0.39, 0.29) is 11.4 Å². The Balaban J connectivity index is 3.25. The predicted octanol–water partition coefficient (Wildman–Crippen LogP) is 3.23. The van der Waals surface area contributed by atoms with Crippen molar-refractivity contribution in [3.63, 3.8) is 0 Å². The maximum absolute atomic E-state index is 12.0. The summed E-state index contributed by atoms with van der Waals surface area (Å²) in [6.07, 6.45) is -4.99. The first-order valence-electron chi connectivity index (χ1n) is 3.93. The van der Waals surface area contributed by atoms with Gasteiger partial charge >= 0.3 is 12.0 Å². The van der Waals surface area contributed by atoms with Crippen molar-refractivity contribution in [1.29, 1.82) is 0 Å². The number of alkyl halides is 4. The van der Waals surface area contributed by atoms with Gasteiger partial charge in [-0.05, 0) is 0 Å². The fraction of sp³-hybridized carbons (Fsp3) is 0.250. The minimum absolute atomic E-state index is 0.0896. The number of nitro benzene ring substituents is 1. The Labute approximate surface area is 92.7 Å². The van der Waals surface area contributed by atoms with Crippen LogP contribution in [0.25, 0.3) is 0 Å². The van der Waals surface area contributed by atoms with Gasteiger partial charge in [0.2, 0.25) is 5.75 Å². The third-order valence-electron chi connectivity index (χ3n) is 1.63. The van der Waals surface area contributed by atoms with Crippen LogP contribution >= 0.6 is 11.6 Å². The van der Waals surface area contributed by atoms with Gasteiger partial charge in [-0.1, -0.05) is 12.1 Å². The highest BCUT2D eigenvalue weighted by Crippen LogP contribution is 2.35. The van der Waals surface area contributed by atoms with E-state index in [1.807, 2.05) is 0 Å². The summed E-state index contributed by atoms with van der Waals surface area (Å²) in [5, 5.41) is 10.5. The number of para-hydroxylation sites is 1. The number of nitrogens with zero attached hydrogens (tertiary/aromatic N) is 1. The molecule has 0 radical (unpaired) electrons. The zero-order valence-corrected chi connectivity index (χ0v) is 8.38. The summed E-state index contributed by atoms with van der Waals surface area (Å²) in [6.45, 7) is 0. The van der Waals surface area contributed by atoms with Crippen LogP contribution in [0.2, 0.25) is 0 Å². The number of benzene rings is 1. The third kappa shape index (κ3) is 2.99. The Kier molecular flexibility index (Phi) is 3.58. The van der Waals surface area contributed by atoms with E-state index in [9.17, 15) is 23.3 Å². The second kappa shape index (κ2) is 4.56. The van der Waals surface area contributed by atoms with Gasteiger partial charge in [0.25, 0.3) is 0 Å². The molecule has 0 aliphatic heterocycles. The topological polar surface area (TPSA) is 52.4 Å². The van der Waals surface area contributed by atoms with Crippen molar-refractivity contribution in [2.24, 2.45) is 0 Å². The molecule has 0 aromatic heterocycles. The molecule has 0 bridgehead atoms. The van der Waals surface area contributed by atoms with Gasteiger partial charge in [-0.2, -0.15) is 0 Å². The first-order chi connectivity index (χ1) is 7.35. The Morgan fingerprint density at radius 2 is 2.06 bits per heavy atom. The van der Waals surface area contributed by atoms with Crippen LogP contribution in [0.5, 0.6) is 5.75 Å². The van der Waals surface area contributed by atoms with Crippen LogP contribution in [-0.2, 0) is 5.88 Å². The molecule has 16 heavy (non-hydrogen) atoms. The monoisotopic (exact) mass is 255 g/mol. The smallest absolute Gasteiger partial charge is 0.398 e. The van der Waals surface area contributed by atoms with Crippen LogP contribution < -0.4 is 4.74 Å². The van der Waals surface area contributed by atoms with Gasteiger partial charge in [-0.25, -0.2) is 0 Å². The molecule has 8 heteroatoms. The molecule has 0 aliphatic rings.